The molecule has 2 saturated carbocycles. The number of benzene rings is 2. The van der Waals surface area contributed by atoms with Crippen molar-refractivity contribution < 1.29 is 28.7 Å². The molecule has 4 aliphatic carbocycles. The minimum absolute atomic E-state index is 0.232. The molecular formula is C34H42N4O6. The largest absolute Gasteiger partial charge is 0.439 e. The molecule has 4 aliphatic rings. The average Bonchev–Trinajstić information content (AvgIpc) is 3.95. The molecule has 0 saturated heterocycles. The van der Waals surface area contributed by atoms with Gasteiger partial charge in [0.1, 0.15) is 0 Å². The van der Waals surface area contributed by atoms with Gasteiger partial charge < -0.3 is 31.6 Å². The minimum atomic E-state index is -1.48. The molecule has 2 aromatic rings. The average molecular weight is 603 g/mol. The maximum atomic E-state index is 13.1. The molecule has 10 nitrogen and oxygen atoms in total. The van der Waals surface area contributed by atoms with Crippen LogP contribution in [0.25, 0.3) is 0 Å². The highest BCUT2D eigenvalue weighted by Gasteiger charge is 2.36. The van der Waals surface area contributed by atoms with E-state index >= 15 is 0 Å². The molecular weight excluding hydrogens is 560 g/mol. The Morgan fingerprint density at radius 1 is 0.659 bits per heavy atom. The van der Waals surface area contributed by atoms with E-state index in [1.165, 1.54) is 25.7 Å². The van der Waals surface area contributed by atoms with Crippen LogP contribution in [-0.4, -0.2) is 48.9 Å². The van der Waals surface area contributed by atoms with Crippen LogP contribution < -0.4 is 22.1 Å². The number of esters is 2. The number of nitrogens with two attached hydrogens (primary N) is 2. The van der Waals surface area contributed by atoms with Gasteiger partial charge in [0.25, 0.3) is 11.8 Å². The van der Waals surface area contributed by atoms with Gasteiger partial charge in [-0.05, 0) is 111 Å². The van der Waals surface area contributed by atoms with Crippen LogP contribution >= 0.6 is 0 Å². The molecule has 44 heavy (non-hydrogen) atoms. The van der Waals surface area contributed by atoms with Crippen LogP contribution in [0, 0.1) is 11.8 Å². The van der Waals surface area contributed by atoms with E-state index in [2.05, 4.69) is 10.6 Å². The van der Waals surface area contributed by atoms with Gasteiger partial charge in [-0.2, -0.15) is 0 Å². The van der Waals surface area contributed by atoms with E-state index in [1.54, 1.807) is 24.3 Å². The minimum Gasteiger partial charge on any atom is -0.439 e. The molecule has 0 aliphatic heterocycles. The predicted octanol–water partition coefficient (Wildman–Crippen LogP) is 2.24. The highest BCUT2D eigenvalue weighted by atomic mass is 16.6. The maximum Gasteiger partial charge on any atom is 0.418 e. The molecule has 2 aromatic carbocycles. The van der Waals surface area contributed by atoms with Gasteiger partial charge in [0.2, 0.25) is 12.2 Å². The third kappa shape index (κ3) is 7.13. The second-order valence-corrected chi connectivity index (χ2v) is 12.9. The SMILES string of the molecule is NC(=O)C(OC(=O)C(=O)OC(C(N)=O)c1cccc2c1CC(NCC1CC1)CC2)c1cccc2c1CC(NCC1CC1)CC2. The Bertz CT molecular complexity index is 1330. The van der Waals surface area contributed by atoms with Crippen molar-refractivity contribution in [1.29, 1.82) is 0 Å². The van der Waals surface area contributed by atoms with E-state index in [4.69, 9.17) is 20.9 Å². The van der Waals surface area contributed by atoms with Gasteiger partial charge in [-0.1, -0.05) is 36.4 Å². The topological polar surface area (TPSA) is 163 Å². The summed E-state index contributed by atoms with van der Waals surface area (Å²) in [4.78, 5) is 51.3. The number of primary amides is 2. The highest BCUT2D eigenvalue weighted by Crippen LogP contribution is 2.34. The number of carbonyl (C=O) groups excluding carboxylic acids is 4. The summed E-state index contributed by atoms with van der Waals surface area (Å²) in [5.41, 5.74) is 16.2. The molecule has 0 radical (unpaired) electrons. The predicted molar refractivity (Wildman–Crippen MR) is 162 cm³/mol. The first-order chi connectivity index (χ1) is 21.3. The Morgan fingerprint density at radius 2 is 1.07 bits per heavy atom. The Kier molecular flexibility index (Phi) is 9.00. The fraction of sp³-hybridized carbons (Fsp3) is 0.529. The van der Waals surface area contributed by atoms with E-state index in [0.29, 0.717) is 24.0 Å². The van der Waals surface area contributed by atoms with Gasteiger partial charge in [0.05, 0.1) is 0 Å². The summed E-state index contributed by atoms with van der Waals surface area (Å²) in [6.45, 7) is 1.93. The molecule has 4 atom stereocenters. The molecule has 2 fully saturated rings. The number of hydrogen-bond acceptors (Lipinski definition) is 8. The van der Waals surface area contributed by atoms with Crippen molar-refractivity contribution in [2.75, 3.05) is 13.1 Å². The number of nitrogens with one attached hydrogen (secondary N) is 2. The molecule has 0 heterocycles. The van der Waals surface area contributed by atoms with Crippen LogP contribution in [0.2, 0.25) is 0 Å². The number of hydrogen-bond donors (Lipinski definition) is 4. The first-order valence-electron chi connectivity index (χ1n) is 15.9. The van der Waals surface area contributed by atoms with Crippen molar-refractivity contribution in [3.63, 3.8) is 0 Å². The highest BCUT2D eigenvalue weighted by molar-refractivity contribution is 6.30. The molecule has 6 N–H and O–H groups in total. The fourth-order valence-corrected chi connectivity index (χ4v) is 6.64. The number of fused-ring (bicyclic) bond motifs is 2. The summed E-state index contributed by atoms with van der Waals surface area (Å²) >= 11 is 0. The third-order valence-corrected chi connectivity index (χ3v) is 9.53. The normalized spacial score (nSPS) is 22.2. The lowest BCUT2D eigenvalue weighted by molar-refractivity contribution is -0.176. The van der Waals surface area contributed by atoms with Crippen LogP contribution in [0.1, 0.15) is 84.1 Å². The molecule has 10 heteroatoms. The quantitative estimate of drug-likeness (QED) is 0.212. The Labute approximate surface area is 257 Å². The number of rotatable bonds is 12. The van der Waals surface area contributed by atoms with Crippen molar-refractivity contribution in [2.45, 2.75) is 88.5 Å². The van der Waals surface area contributed by atoms with Crippen LogP contribution in [0.4, 0.5) is 0 Å². The maximum absolute atomic E-state index is 13.1. The Hall–Kier alpha value is -3.76. The number of carbonyl (C=O) groups is 4. The molecule has 234 valence electrons. The molecule has 0 aromatic heterocycles. The van der Waals surface area contributed by atoms with Crippen LogP contribution in [-0.2, 0) is 54.3 Å². The smallest absolute Gasteiger partial charge is 0.418 e. The third-order valence-electron chi connectivity index (χ3n) is 9.53. The number of ether oxygens (including phenoxy) is 2. The summed E-state index contributed by atoms with van der Waals surface area (Å²) in [6.07, 6.45) is 6.89. The summed E-state index contributed by atoms with van der Waals surface area (Å²) in [6, 6.07) is 11.4. The van der Waals surface area contributed by atoms with Crippen molar-refractivity contribution in [1.82, 2.24) is 10.6 Å². The van der Waals surface area contributed by atoms with Crippen LogP contribution in [0.5, 0.6) is 0 Å². The second-order valence-electron chi connectivity index (χ2n) is 12.9. The van der Waals surface area contributed by atoms with Gasteiger partial charge in [-0.3, -0.25) is 9.59 Å². The lowest BCUT2D eigenvalue weighted by Gasteiger charge is -2.29. The van der Waals surface area contributed by atoms with Crippen molar-refractivity contribution in [2.24, 2.45) is 23.3 Å². The van der Waals surface area contributed by atoms with E-state index in [1.807, 2.05) is 12.1 Å². The van der Waals surface area contributed by atoms with Gasteiger partial charge in [-0.15, -0.1) is 0 Å². The first kappa shape index (κ1) is 30.3. The monoisotopic (exact) mass is 602 g/mol. The van der Waals surface area contributed by atoms with Gasteiger partial charge in [0, 0.05) is 23.2 Å². The Balaban J connectivity index is 1.15. The molecule has 6 rings (SSSR count). The first-order valence-corrected chi connectivity index (χ1v) is 15.9. The zero-order valence-electron chi connectivity index (χ0n) is 25.0. The van der Waals surface area contributed by atoms with Gasteiger partial charge in [-0.25, -0.2) is 9.59 Å². The van der Waals surface area contributed by atoms with Crippen molar-refractivity contribution >= 4 is 23.8 Å². The standard InChI is InChI=1S/C34H42N4O6/c35-31(39)29(25-5-1-3-21-11-13-23(15-27(21)25)37-17-19-7-8-19)43-33(41)34(42)44-30(32(36)40)26-6-2-4-22-12-14-24(16-28(22)26)38-18-20-9-10-20/h1-6,19-20,23-24,29-30,37-38H,7-18H2,(H2,35,39)(H2,36,40). The van der Waals surface area contributed by atoms with E-state index in [0.717, 1.165) is 72.9 Å². The lowest BCUT2D eigenvalue weighted by atomic mass is 9.83. The summed E-state index contributed by atoms with van der Waals surface area (Å²) in [5, 5.41) is 7.24. The molecule has 4 unspecified atom stereocenters. The van der Waals surface area contributed by atoms with E-state index in [9.17, 15) is 19.2 Å². The van der Waals surface area contributed by atoms with E-state index < -0.39 is 36.0 Å². The molecule has 2 amide bonds. The van der Waals surface area contributed by atoms with E-state index in [-0.39, 0.29) is 12.1 Å². The second kappa shape index (κ2) is 13.1. The summed E-state index contributed by atoms with van der Waals surface area (Å²) < 4.78 is 10.8. The number of aryl methyl sites for hydroxylation is 2. The summed E-state index contributed by atoms with van der Waals surface area (Å²) in [5.74, 6) is -3.17. The zero-order chi connectivity index (χ0) is 30.8. The van der Waals surface area contributed by atoms with Crippen molar-refractivity contribution in [3.05, 3.63) is 69.8 Å². The van der Waals surface area contributed by atoms with Crippen molar-refractivity contribution in [3.8, 4) is 0 Å². The van der Waals surface area contributed by atoms with Gasteiger partial charge >= 0.3 is 11.9 Å². The zero-order valence-corrected chi connectivity index (χ0v) is 25.0. The van der Waals surface area contributed by atoms with Gasteiger partial charge in [0.15, 0.2) is 0 Å². The van der Waals surface area contributed by atoms with Crippen LogP contribution in [0.15, 0.2) is 36.4 Å². The Morgan fingerprint density at radius 3 is 1.43 bits per heavy atom. The summed E-state index contributed by atoms with van der Waals surface area (Å²) in [7, 11) is 0. The van der Waals surface area contributed by atoms with Crippen LogP contribution in [0.3, 0.4) is 0 Å². The molecule has 0 spiro atoms. The number of amides is 2. The fourth-order valence-electron chi connectivity index (χ4n) is 6.64. The molecule has 0 bridgehead atoms. The lowest BCUT2D eigenvalue weighted by Crippen LogP contribution is -2.38.